The van der Waals surface area contributed by atoms with Crippen LogP contribution < -0.4 is 10.1 Å². The van der Waals surface area contributed by atoms with Crippen molar-refractivity contribution in [2.45, 2.75) is 13.2 Å². The van der Waals surface area contributed by atoms with Crippen molar-refractivity contribution < 1.29 is 4.74 Å². The van der Waals surface area contributed by atoms with Gasteiger partial charge in [0.05, 0.1) is 0 Å². The van der Waals surface area contributed by atoms with Gasteiger partial charge in [0.1, 0.15) is 12.4 Å². The van der Waals surface area contributed by atoms with Crippen LogP contribution >= 0.6 is 28.3 Å². The molecule has 21 heavy (non-hydrogen) atoms. The maximum atomic E-state index is 5.92. The zero-order valence-corrected chi connectivity index (χ0v) is 14.1. The molecule has 0 unspecified atom stereocenters. The molecule has 0 aliphatic rings. The van der Waals surface area contributed by atoms with Gasteiger partial charge in [0.2, 0.25) is 0 Å². The standard InChI is InChI=1S/C17H18BrNO.ClH/c1-2-10-19-12-15-11-16(18)8-9-17(15)20-13-14-6-4-3-5-7-14;/h2-9,11,19H,1,10,12-13H2;1H. The summed E-state index contributed by atoms with van der Waals surface area (Å²) in [5, 5.41) is 3.30. The van der Waals surface area contributed by atoms with E-state index in [4.69, 9.17) is 4.74 Å². The second-order valence-corrected chi connectivity index (χ2v) is 5.36. The van der Waals surface area contributed by atoms with Crippen LogP contribution in [0.4, 0.5) is 0 Å². The van der Waals surface area contributed by atoms with E-state index in [-0.39, 0.29) is 12.4 Å². The van der Waals surface area contributed by atoms with Crippen LogP contribution in [0, 0.1) is 0 Å². The highest BCUT2D eigenvalue weighted by Crippen LogP contribution is 2.24. The Morgan fingerprint density at radius 2 is 1.90 bits per heavy atom. The van der Waals surface area contributed by atoms with Crippen molar-refractivity contribution in [2.75, 3.05) is 6.54 Å². The summed E-state index contributed by atoms with van der Waals surface area (Å²) < 4.78 is 6.98. The van der Waals surface area contributed by atoms with Gasteiger partial charge in [-0.3, -0.25) is 0 Å². The second kappa shape index (κ2) is 9.61. The van der Waals surface area contributed by atoms with Crippen LogP contribution in [0.25, 0.3) is 0 Å². The van der Waals surface area contributed by atoms with E-state index in [0.29, 0.717) is 6.61 Å². The molecule has 2 aromatic rings. The number of hydrogen-bond acceptors (Lipinski definition) is 2. The largest absolute Gasteiger partial charge is 0.489 e. The first-order valence-electron chi connectivity index (χ1n) is 6.56. The molecular weight excluding hydrogens is 350 g/mol. The van der Waals surface area contributed by atoms with Gasteiger partial charge in [-0.15, -0.1) is 19.0 Å². The molecule has 112 valence electrons. The maximum Gasteiger partial charge on any atom is 0.124 e. The van der Waals surface area contributed by atoms with Crippen LogP contribution in [-0.2, 0) is 13.2 Å². The molecule has 0 bridgehead atoms. The third kappa shape index (κ3) is 5.92. The van der Waals surface area contributed by atoms with Gasteiger partial charge in [0, 0.05) is 23.1 Å². The molecule has 0 aliphatic heterocycles. The molecule has 0 amide bonds. The quantitative estimate of drug-likeness (QED) is 0.564. The van der Waals surface area contributed by atoms with Gasteiger partial charge in [-0.2, -0.15) is 0 Å². The zero-order chi connectivity index (χ0) is 14.2. The Hall–Kier alpha value is -1.29. The lowest BCUT2D eigenvalue weighted by Crippen LogP contribution is -2.13. The predicted octanol–water partition coefficient (Wildman–Crippen LogP) is 4.73. The SMILES string of the molecule is C=CCNCc1cc(Br)ccc1OCc1ccccc1.Cl. The Morgan fingerprint density at radius 1 is 1.14 bits per heavy atom. The summed E-state index contributed by atoms with van der Waals surface area (Å²) in [5.74, 6) is 0.911. The van der Waals surface area contributed by atoms with Crippen molar-refractivity contribution in [3.63, 3.8) is 0 Å². The first-order chi connectivity index (χ1) is 9.79. The van der Waals surface area contributed by atoms with E-state index < -0.39 is 0 Å². The van der Waals surface area contributed by atoms with E-state index in [1.54, 1.807) is 0 Å². The van der Waals surface area contributed by atoms with Crippen LogP contribution in [0.1, 0.15) is 11.1 Å². The van der Waals surface area contributed by atoms with Crippen LogP contribution in [0.3, 0.4) is 0 Å². The summed E-state index contributed by atoms with van der Waals surface area (Å²) in [6.07, 6.45) is 1.85. The highest BCUT2D eigenvalue weighted by molar-refractivity contribution is 9.10. The highest BCUT2D eigenvalue weighted by Gasteiger charge is 2.04. The van der Waals surface area contributed by atoms with Crippen molar-refractivity contribution >= 4 is 28.3 Å². The van der Waals surface area contributed by atoms with Crippen molar-refractivity contribution in [3.8, 4) is 5.75 Å². The van der Waals surface area contributed by atoms with E-state index in [1.807, 2.05) is 36.4 Å². The molecule has 0 saturated heterocycles. The van der Waals surface area contributed by atoms with Crippen LogP contribution in [0.2, 0.25) is 0 Å². The minimum absolute atomic E-state index is 0. The summed E-state index contributed by atoms with van der Waals surface area (Å²) in [6, 6.07) is 16.3. The van der Waals surface area contributed by atoms with Gasteiger partial charge in [-0.25, -0.2) is 0 Å². The van der Waals surface area contributed by atoms with Gasteiger partial charge in [-0.1, -0.05) is 52.3 Å². The van der Waals surface area contributed by atoms with Crippen LogP contribution in [-0.4, -0.2) is 6.54 Å². The molecule has 0 atom stereocenters. The first kappa shape index (κ1) is 17.8. The Balaban J connectivity index is 0.00000220. The molecule has 0 aliphatic carbocycles. The molecule has 0 heterocycles. The number of benzene rings is 2. The molecule has 1 N–H and O–H groups in total. The molecule has 0 fully saturated rings. The fourth-order valence-electron chi connectivity index (χ4n) is 1.87. The van der Waals surface area contributed by atoms with E-state index in [9.17, 15) is 0 Å². The molecule has 2 rings (SSSR count). The predicted molar refractivity (Wildman–Crippen MR) is 94.1 cm³/mol. The number of ether oxygens (including phenoxy) is 1. The average molecular weight is 369 g/mol. The molecule has 0 aromatic heterocycles. The van der Waals surface area contributed by atoms with E-state index >= 15 is 0 Å². The van der Waals surface area contributed by atoms with Crippen molar-refractivity contribution in [1.29, 1.82) is 0 Å². The number of hydrogen-bond donors (Lipinski definition) is 1. The first-order valence-corrected chi connectivity index (χ1v) is 7.35. The second-order valence-electron chi connectivity index (χ2n) is 4.45. The Bertz CT molecular complexity index is 560. The Kier molecular flexibility index (Phi) is 8.13. The minimum atomic E-state index is 0. The van der Waals surface area contributed by atoms with Crippen molar-refractivity contribution in [2.24, 2.45) is 0 Å². The minimum Gasteiger partial charge on any atom is -0.489 e. The number of nitrogens with one attached hydrogen (secondary N) is 1. The summed E-state index contributed by atoms with van der Waals surface area (Å²) in [7, 11) is 0. The summed E-state index contributed by atoms with van der Waals surface area (Å²) >= 11 is 3.50. The van der Waals surface area contributed by atoms with Crippen LogP contribution in [0.5, 0.6) is 5.75 Å². The summed E-state index contributed by atoms with van der Waals surface area (Å²) in [5.41, 5.74) is 2.30. The zero-order valence-electron chi connectivity index (χ0n) is 11.7. The van der Waals surface area contributed by atoms with Gasteiger partial charge in [-0.05, 0) is 23.8 Å². The average Bonchev–Trinajstić information content (AvgIpc) is 2.48. The van der Waals surface area contributed by atoms with Crippen molar-refractivity contribution in [1.82, 2.24) is 5.32 Å². The molecule has 4 heteroatoms. The lowest BCUT2D eigenvalue weighted by atomic mass is 10.2. The molecule has 0 spiro atoms. The van der Waals surface area contributed by atoms with Crippen molar-refractivity contribution in [3.05, 3.63) is 76.8 Å². The fraction of sp³-hybridized carbons (Fsp3) is 0.176. The van der Waals surface area contributed by atoms with Gasteiger partial charge < -0.3 is 10.1 Å². The lowest BCUT2D eigenvalue weighted by molar-refractivity contribution is 0.302. The Morgan fingerprint density at radius 3 is 2.62 bits per heavy atom. The molecule has 0 saturated carbocycles. The lowest BCUT2D eigenvalue weighted by Gasteiger charge is -2.12. The molecule has 0 radical (unpaired) electrons. The summed E-state index contributed by atoms with van der Waals surface area (Å²) in [4.78, 5) is 0. The molecular formula is C17H19BrClNO. The highest BCUT2D eigenvalue weighted by atomic mass is 79.9. The monoisotopic (exact) mass is 367 g/mol. The van der Waals surface area contributed by atoms with E-state index in [2.05, 4.69) is 46.0 Å². The van der Waals surface area contributed by atoms with Gasteiger partial charge in [0.25, 0.3) is 0 Å². The Labute approximate surface area is 140 Å². The third-order valence-electron chi connectivity index (χ3n) is 2.86. The van der Waals surface area contributed by atoms with E-state index in [1.165, 1.54) is 5.56 Å². The molecule has 2 nitrogen and oxygen atoms in total. The maximum absolute atomic E-state index is 5.92. The van der Waals surface area contributed by atoms with E-state index in [0.717, 1.165) is 28.9 Å². The number of halogens is 2. The van der Waals surface area contributed by atoms with Crippen LogP contribution in [0.15, 0.2) is 65.7 Å². The summed E-state index contributed by atoms with van der Waals surface area (Å²) in [6.45, 7) is 5.83. The van der Waals surface area contributed by atoms with Gasteiger partial charge >= 0.3 is 0 Å². The fourth-order valence-corrected chi connectivity index (χ4v) is 2.28. The van der Waals surface area contributed by atoms with Gasteiger partial charge in [0.15, 0.2) is 0 Å². The smallest absolute Gasteiger partial charge is 0.124 e. The normalized spacial score (nSPS) is 9.76. The topological polar surface area (TPSA) is 21.3 Å². The molecule has 2 aromatic carbocycles. The third-order valence-corrected chi connectivity index (χ3v) is 3.36. The number of rotatable bonds is 7.